The first-order valence-electron chi connectivity index (χ1n) is 5.58. The fraction of sp³-hybridized carbons (Fsp3) is 0.214. The molecule has 0 unspecified atom stereocenters. The average molecular weight is 388 g/mol. The first-order chi connectivity index (χ1) is 8.50. The predicted molar refractivity (Wildman–Crippen MR) is 83.7 cm³/mol. The van der Waals surface area contributed by atoms with E-state index in [1.54, 1.807) is 0 Å². The van der Waals surface area contributed by atoms with Crippen molar-refractivity contribution in [3.63, 3.8) is 0 Å². The van der Waals surface area contributed by atoms with Gasteiger partial charge in [0.05, 0.1) is 9.35 Å². The molecule has 1 heterocycles. The van der Waals surface area contributed by atoms with Gasteiger partial charge < -0.3 is 0 Å². The molecule has 0 N–H and O–H groups in total. The van der Waals surface area contributed by atoms with E-state index in [1.807, 2.05) is 29.6 Å². The molecule has 2 rings (SSSR count). The zero-order valence-corrected chi connectivity index (χ0v) is 14.0. The molecule has 0 aliphatic heterocycles. The van der Waals surface area contributed by atoms with Gasteiger partial charge in [0.2, 0.25) is 5.78 Å². The number of carbonyl (C=O) groups excluding carboxylic acids is 1. The second-order valence-corrected chi connectivity index (χ2v) is 6.86. The number of rotatable bonds is 3. The van der Waals surface area contributed by atoms with E-state index >= 15 is 0 Å². The second kappa shape index (κ2) is 5.68. The minimum atomic E-state index is 0.0629. The smallest absolute Gasteiger partial charge is 0.204 e. The molecule has 0 aliphatic rings. The lowest BCUT2D eigenvalue weighted by molar-refractivity contribution is 0.104. The standard InChI is InChI=1S/C14H12Br2OS/c1-8(2)9-3-5-10(6-4-9)13(17)14-12(16)11(15)7-18-14/h3-8H,1-2H3. The molecule has 2 aromatic rings. The normalized spacial score (nSPS) is 10.9. The monoisotopic (exact) mass is 386 g/mol. The minimum absolute atomic E-state index is 0.0629. The van der Waals surface area contributed by atoms with E-state index < -0.39 is 0 Å². The molecule has 0 aliphatic carbocycles. The maximum absolute atomic E-state index is 12.3. The van der Waals surface area contributed by atoms with Gasteiger partial charge in [-0.15, -0.1) is 11.3 Å². The summed E-state index contributed by atoms with van der Waals surface area (Å²) < 4.78 is 1.76. The van der Waals surface area contributed by atoms with Gasteiger partial charge in [0, 0.05) is 15.4 Å². The lowest BCUT2D eigenvalue weighted by Crippen LogP contribution is -2.00. The van der Waals surface area contributed by atoms with Crippen LogP contribution in [-0.2, 0) is 0 Å². The predicted octanol–water partition coefficient (Wildman–Crippen LogP) is 5.63. The molecule has 0 atom stereocenters. The highest BCUT2D eigenvalue weighted by atomic mass is 79.9. The lowest BCUT2D eigenvalue weighted by Gasteiger charge is -2.06. The number of halogens is 2. The molecule has 0 saturated heterocycles. The summed E-state index contributed by atoms with van der Waals surface area (Å²) in [7, 11) is 0. The Balaban J connectivity index is 2.32. The molecule has 4 heteroatoms. The van der Waals surface area contributed by atoms with Crippen LogP contribution in [0.1, 0.15) is 40.6 Å². The van der Waals surface area contributed by atoms with Crippen LogP contribution in [0.25, 0.3) is 0 Å². The van der Waals surface area contributed by atoms with E-state index in [9.17, 15) is 4.79 Å². The summed E-state index contributed by atoms with van der Waals surface area (Å²) in [5.41, 5.74) is 1.98. The van der Waals surface area contributed by atoms with Crippen molar-refractivity contribution < 1.29 is 4.79 Å². The Bertz CT molecular complexity index is 570. The van der Waals surface area contributed by atoms with Gasteiger partial charge in [0.1, 0.15) is 0 Å². The van der Waals surface area contributed by atoms with Gasteiger partial charge in [-0.3, -0.25) is 4.79 Å². The third kappa shape index (κ3) is 2.76. The molecule has 18 heavy (non-hydrogen) atoms. The quantitative estimate of drug-likeness (QED) is 0.624. The summed E-state index contributed by atoms with van der Waals surface area (Å²) in [4.78, 5) is 13.1. The third-order valence-corrected chi connectivity index (χ3v) is 6.26. The molecule has 1 aromatic carbocycles. The molecule has 94 valence electrons. The Labute approximate surface area is 127 Å². The average Bonchev–Trinajstić information content (AvgIpc) is 2.69. The van der Waals surface area contributed by atoms with Crippen LogP contribution in [0.15, 0.2) is 38.6 Å². The molecule has 0 amide bonds. The summed E-state index contributed by atoms with van der Waals surface area (Å²) in [5, 5.41) is 1.92. The number of hydrogen-bond donors (Lipinski definition) is 0. The Morgan fingerprint density at radius 2 is 1.78 bits per heavy atom. The topological polar surface area (TPSA) is 17.1 Å². The largest absolute Gasteiger partial charge is 0.288 e. The Morgan fingerprint density at radius 1 is 1.17 bits per heavy atom. The lowest BCUT2D eigenvalue weighted by atomic mass is 10.0. The van der Waals surface area contributed by atoms with E-state index in [0.29, 0.717) is 5.92 Å². The number of benzene rings is 1. The van der Waals surface area contributed by atoms with Crippen molar-refractivity contribution >= 4 is 49.0 Å². The highest BCUT2D eigenvalue weighted by Crippen LogP contribution is 2.34. The molecule has 0 saturated carbocycles. The van der Waals surface area contributed by atoms with Crippen molar-refractivity contribution in [1.29, 1.82) is 0 Å². The van der Waals surface area contributed by atoms with Crippen molar-refractivity contribution in [2.24, 2.45) is 0 Å². The molecule has 0 radical (unpaired) electrons. The molecule has 0 bridgehead atoms. The molecular weight excluding hydrogens is 376 g/mol. The summed E-state index contributed by atoms with van der Waals surface area (Å²) >= 11 is 8.27. The number of carbonyl (C=O) groups is 1. The van der Waals surface area contributed by atoms with Crippen LogP contribution in [0, 0.1) is 0 Å². The van der Waals surface area contributed by atoms with Crippen LogP contribution in [0.3, 0.4) is 0 Å². The molecule has 1 aromatic heterocycles. The van der Waals surface area contributed by atoms with E-state index in [2.05, 4.69) is 45.7 Å². The fourth-order valence-electron chi connectivity index (χ4n) is 1.63. The van der Waals surface area contributed by atoms with Gasteiger partial charge in [-0.25, -0.2) is 0 Å². The van der Waals surface area contributed by atoms with Gasteiger partial charge in [-0.1, -0.05) is 38.1 Å². The summed E-state index contributed by atoms with van der Waals surface area (Å²) in [6, 6.07) is 7.85. The van der Waals surface area contributed by atoms with Gasteiger partial charge in [0.15, 0.2) is 0 Å². The van der Waals surface area contributed by atoms with Crippen LogP contribution in [-0.4, -0.2) is 5.78 Å². The minimum Gasteiger partial charge on any atom is -0.288 e. The van der Waals surface area contributed by atoms with Crippen LogP contribution in [0.2, 0.25) is 0 Å². The molecule has 1 nitrogen and oxygen atoms in total. The highest BCUT2D eigenvalue weighted by molar-refractivity contribution is 9.13. The Morgan fingerprint density at radius 3 is 2.22 bits per heavy atom. The van der Waals surface area contributed by atoms with Crippen LogP contribution in [0.4, 0.5) is 0 Å². The summed E-state index contributed by atoms with van der Waals surface area (Å²) in [5.74, 6) is 0.546. The van der Waals surface area contributed by atoms with Crippen molar-refractivity contribution in [3.05, 3.63) is 54.6 Å². The Kier molecular flexibility index (Phi) is 4.41. The van der Waals surface area contributed by atoms with Crippen molar-refractivity contribution in [3.8, 4) is 0 Å². The van der Waals surface area contributed by atoms with Gasteiger partial charge in [-0.05, 0) is 43.3 Å². The van der Waals surface area contributed by atoms with Gasteiger partial charge in [-0.2, -0.15) is 0 Å². The van der Waals surface area contributed by atoms with Crippen molar-refractivity contribution in [1.82, 2.24) is 0 Å². The first-order valence-corrected chi connectivity index (χ1v) is 8.04. The first kappa shape index (κ1) is 14.0. The van der Waals surface area contributed by atoms with E-state index in [0.717, 1.165) is 19.4 Å². The number of ketones is 1. The maximum Gasteiger partial charge on any atom is 0.204 e. The number of hydrogen-bond acceptors (Lipinski definition) is 2. The van der Waals surface area contributed by atoms with E-state index in [4.69, 9.17) is 0 Å². The van der Waals surface area contributed by atoms with Gasteiger partial charge in [0.25, 0.3) is 0 Å². The Hall–Kier alpha value is -0.450. The van der Waals surface area contributed by atoms with Crippen molar-refractivity contribution in [2.45, 2.75) is 19.8 Å². The van der Waals surface area contributed by atoms with E-state index in [-0.39, 0.29) is 5.78 Å². The van der Waals surface area contributed by atoms with Crippen molar-refractivity contribution in [2.75, 3.05) is 0 Å². The zero-order chi connectivity index (χ0) is 13.3. The maximum atomic E-state index is 12.3. The van der Waals surface area contributed by atoms with Crippen LogP contribution in [0.5, 0.6) is 0 Å². The summed E-state index contributed by atoms with van der Waals surface area (Å²) in [6.07, 6.45) is 0. The zero-order valence-electron chi connectivity index (χ0n) is 10.0. The van der Waals surface area contributed by atoms with Crippen LogP contribution >= 0.6 is 43.2 Å². The fourth-order valence-corrected chi connectivity index (χ4v) is 3.74. The van der Waals surface area contributed by atoms with Crippen LogP contribution < -0.4 is 0 Å². The van der Waals surface area contributed by atoms with Gasteiger partial charge >= 0.3 is 0 Å². The highest BCUT2D eigenvalue weighted by Gasteiger charge is 2.16. The van der Waals surface area contributed by atoms with E-state index in [1.165, 1.54) is 16.9 Å². The SMILES string of the molecule is CC(C)c1ccc(C(=O)c2scc(Br)c2Br)cc1. The number of thiophene rings is 1. The molecule has 0 fully saturated rings. The third-order valence-electron chi connectivity index (χ3n) is 2.74. The molecular formula is C14H12Br2OS. The summed E-state index contributed by atoms with van der Waals surface area (Å²) in [6.45, 7) is 4.29. The molecule has 0 spiro atoms. The second-order valence-electron chi connectivity index (χ2n) is 4.33.